The van der Waals surface area contributed by atoms with Crippen LogP contribution in [-0.4, -0.2) is 37.1 Å². The minimum absolute atomic E-state index is 0.145. The Hall–Kier alpha value is -1.20. The van der Waals surface area contributed by atoms with Gasteiger partial charge in [-0.25, -0.2) is 4.39 Å². The van der Waals surface area contributed by atoms with Gasteiger partial charge in [-0.1, -0.05) is 12.2 Å². The normalized spacial score (nSPS) is 10.6. The first-order valence-corrected chi connectivity index (χ1v) is 5.78. The molecule has 0 fully saturated rings. The lowest BCUT2D eigenvalue weighted by Gasteiger charge is -2.12. The van der Waals surface area contributed by atoms with Crippen molar-refractivity contribution >= 4 is 17.2 Å². The molecule has 0 aliphatic heterocycles. The summed E-state index contributed by atoms with van der Waals surface area (Å²) in [5.41, 5.74) is 5.96. The largest absolute Gasteiger partial charge is 0.493 e. The molecular weight excluding hydrogens is 239 g/mol. The van der Waals surface area contributed by atoms with Gasteiger partial charge in [-0.05, 0) is 38.7 Å². The van der Waals surface area contributed by atoms with Crippen molar-refractivity contribution in [1.29, 1.82) is 0 Å². The van der Waals surface area contributed by atoms with E-state index < -0.39 is 0 Å². The van der Waals surface area contributed by atoms with E-state index in [-0.39, 0.29) is 10.8 Å². The molecule has 0 unspecified atom stereocenters. The van der Waals surface area contributed by atoms with Gasteiger partial charge in [-0.15, -0.1) is 0 Å². The van der Waals surface area contributed by atoms with E-state index in [2.05, 4.69) is 4.90 Å². The molecular formula is C12H17FN2OS. The highest BCUT2D eigenvalue weighted by Gasteiger charge is 2.07. The summed E-state index contributed by atoms with van der Waals surface area (Å²) in [5.74, 6) is 0.172. The standard InChI is InChI=1S/C12H17FN2OS/c1-15(2)6-3-7-16-11-5-4-9(13)8-10(11)12(14)17/h4-5,8H,3,6-7H2,1-2H3,(H2,14,17). The molecule has 0 saturated carbocycles. The zero-order valence-corrected chi connectivity index (χ0v) is 10.9. The average molecular weight is 256 g/mol. The summed E-state index contributed by atoms with van der Waals surface area (Å²) in [6.07, 6.45) is 0.890. The summed E-state index contributed by atoms with van der Waals surface area (Å²) in [4.78, 5) is 2.22. The number of nitrogens with two attached hydrogens (primary N) is 1. The Kier molecular flexibility index (Phi) is 5.31. The van der Waals surface area contributed by atoms with Gasteiger partial charge in [-0.2, -0.15) is 0 Å². The summed E-state index contributed by atoms with van der Waals surface area (Å²) in [6, 6.07) is 4.19. The van der Waals surface area contributed by atoms with Crippen LogP contribution in [0.5, 0.6) is 5.75 Å². The van der Waals surface area contributed by atoms with E-state index in [1.165, 1.54) is 12.1 Å². The first-order valence-electron chi connectivity index (χ1n) is 5.37. The number of benzene rings is 1. The minimum atomic E-state index is -0.367. The highest BCUT2D eigenvalue weighted by Crippen LogP contribution is 2.19. The van der Waals surface area contributed by atoms with Crippen LogP contribution in [0, 0.1) is 5.82 Å². The number of halogens is 1. The topological polar surface area (TPSA) is 38.5 Å². The van der Waals surface area contributed by atoms with Gasteiger partial charge in [0.1, 0.15) is 16.6 Å². The third-order valence-corrected chi connectivity index (χ3v) is 2.43. The first-order chi connectivity index (χ1) is 8.00. The molecule has 1 rings (SSSR count). The van der Waals surface area contributed by atoms with Gasteiger partial charge in [-0.3, -0.25) is 0 Å². The van der Waals surface area contributed by atoms with Gasteiger partial charge in [0.2, 0.25) is 0 Å². The molecule has 0 bridgehead atoms. The smallest absolute Gasteiger partial charge is 0.129 e. The minimum Gasteiger partial charge on any atom is -0.493 e. The predicted octanol–water partition coefficient (Wildman–Crippen LogP) is 1.79. The van der Waals surface area contributed by atoms with E-state index in [9.17, 15) is 4.39 Å². The zero-order chi connectivity index (χ0) is 12.8. The van der Waals surface area contributed by atoms with Crippen molar-refractivity contribution in [1.82, 2.24) is 4.90 Å². The van der Waals surface area contributed by atoms with E-state index in [0.29, 0.717) is 17.9 Å². The van der Waals surface area contributed by atoms with Gasteiger partial charge < -0.3 is 15.4 Å². The molecule has 0 atom stereocenters. The molecule has 0 saturated heterocycles. The average Bonchev–Trinajstić information content (AvgIpc) is 2.25. The van der Waals surface area contributed by atoms with Crippen LogP contribution in [0.3, 0.4) is 0 Å². The van der Waals surface area contributed by atoms with E-state index >= 15 is 0 Å². The number of ether oxygens (including phenoxy) is 1. The number of hydrogen-bond donors (Lipinski definition) is 1. The van der Waals surface area contributed by atoms with E-state index in [1.54, 1.807) is 6.07 Å². The van der Waals surface area contributed by atoms with Crippen molar-refractivity contribution < 1.29 is 9.13 Å². The van der Waals surface area contributed by atoms with Crippen LogP contribution in [0.15, 0.2) is 18.2 Å². The lowest BCUT2D eigenvalue weighted by atomic mass is 10.2. The number of nitrogens with zero attached hydrogens (tertiary/aromatic N) is 1. The molecule has 5 heteroatoms. The molecule has 0 radical (unpaired) electrons. The Morgan fingerprint density at radius 3 is 2.76 bits per heavy atom. The molecule has 1 aromatic carbocycles. The Morgan fingerprint density at radius 2 is 2.18 bits per heavy atom. The second-order valence-corrected chi connectivity index (χ2v) is 4.45. The maximum atomic E-state index is 13.0. The molecule has 0 aromatic heterocycles. The second-order valence-electron chi connectivity index (χ2n) is 4.01. The van der Waals surface area contributed by atoms with Gasteiger partial charge in [0.25, 0.3) is 0 Å². The summed E-state index contributed by atoms with van der Waals surface area (Å²) in [7, 11) is 4.00. The highest BCUT2D eigenvalue weighted by molar-refractivity contribution is 7.80. The molecule has 0 aliphatic carbocycles. The van der Waals surface area contributed by atoms with Crippen molar-refractivity contribution in [2.75, 3.05) is 27.2 Å². The van der Waals surface area contributed by atoms with Gasteiger partial charge >= 0.3 is 0 Å². The quantitative estimate of drug-likeness (QED) is 0.622. The number of rotatable bonds is 6. The molecule has 17 heavy (non-hydrogen) atoms. The Bertz CT molecular complexity index is 396. The Balaban J connectivity index is 2.61. The third kappa shape index (κ3) is 4.66. The molecule has 2 N–H and O–H groups in total. The Labute approximate surface area is 106 Å². The summed E-state index contributed by atoms with van der Waals surface area (Å²) in [6.45, 7) is 1.49. The zero-order valence-electron chi connectivity index (χ0n) is 10.1. The van der Waals surface area contributed by atoms with Crippen molar-refractivity contribution in [3.63, 3.8) is 0 Å². The lowest BCUT2D eigenvalue weighted by molar-refractivity contribution is 0.281. The number of thiocarbonyl (C=S) groups is 1. The van der Waals surface area contributed by atoms with Crippen LogP contribution in [0.25, 0.3) is 0 Å². The van der Waals surface area contributed by atoms with Crippen molar-refractivity contribution in [3.8, 4) is 5.75 Å². The highest BCUT2D eigenvalue weighted by atomic mass is 32.1. The SMILES string of the molecule is CN(C)CCCOc1ccc(F)cc1C(N)=S. The molecule has 0 spiro atoms. The molecule has 0 heterocycles. The first kappa shape index (κ1) is 13.9. The lowest BCUT2D eigenvalue weighted by Crippen LogP contribution is -2.17. The van der Waals surface area contributed by atoms with Crippen molar-refractivity contribution in [2.24, 2.45) is 5.73 Å². The van der Waals surface area contributed by atoms with E-state index in [1.807, 2.05) is 14.1 Å². The third-order valence-electron chi connectivity index (χ3n) is 2.21. The maximum absolute atomic E-state index is 13.0. The Morgan fingerprint density at radius 1 is 1.47 bits per heavy atom. The van der Waals surface area contributed by atoms with Crippen molar-refractivity contribution in [3.05, 3.63) is 29.6 Å². The van der Waals surface area contributed by atoms with Crippen LogP contribution in [0.1, 0.15) is 12.0 Å². The molecule has 1 aromatic rings. The summed E-state index contributed by atoms with van der Waals surface area (Å²) < 4.78 is 18.6. The molecule has 0 amide bonds. The maximum Gasteiger partial charge on any atom is 0.129 e. The predicted molar refractivity (Wildman–Crippen MR) is 71.0 cm³/mol. The van der Waals surface area contributed by atoms with Crippen LogP contribution < -0.4 is 10.5 Å². The van der Waals surface area contributed by atoms with Gasteiger partial charge in [0.15, 0.2) is 0 Å². The fourth-order valence-electron chi connectivity index (χ4n) is 1.38. The summed E-state index contributed by atoms with van der Waals surface area (Å²) in [5, 5.41) is 0. The molecule has 0 aliphatic rings. The van der Waals surface area contributed by atoms with E-state index in [0.717, 1.165) is 13.0 Å². The van der Waals surface area contributed by atoms with E-state index in [4.69, 9.17) is 22.7 Å². The summed E-state index contributed by atoms with van der Waals surface area (Å²) >= 11 is 4.85. The van der Waals surface area contributed by atoms with Crippen LogP contribution in [0.2, 0.25) is 0 Å². The second kappa shape index (κ2) is 6.51. The monoisotopic (exact) mass is 256 g/mol. The fraction of sp³-hybridized carbons (Fsp3) is 0.417. The van der Waals surface area contributed by atoms with Gasteiger partial charge in [0.05, 0.1) is 12.2 Å². The van der Waals surface area contributed by atoms with Gasteiger partial charge in [0, 0.05) is 6.54 Å². The van der Waals surface area contributed by atoms with Crippen molar-refractivity contribution in [2.45, 2.75) is 6.42 Å². The fourth-order valence-corrected chi connectivity index (χ4v) is 1.54. The van der Waals surface area contributed by atoms with Crippen LogP contribution in [0.4, 0.5) is 4.39 Å². The molecule has 3 nitrogen and oxygen atoms in total. The molecule has 94 valence electrons. The van der Waals surface area contributed by atoms with Crippen LogP contribution in [-0.2, 0) is 0 Å². The van der Waals surface area contributed by atoms with Crippen LogP contribution >= 0.6 is 12.2 Å². The number of hydrogen-bond acceptors (Lipinski definition) is 3.